The van der Waals surface area contributed by atoms with Gasteiger partial charge in [-0.25, -0.2) is 4.98 Å². The molecule has 0 bridgehead atoms. The van der Waals surface area contributed by atoms with Crippen molar-refractivity contribution in [2.24, 2.45) is 0 Å². The summed E-state index contributed by atoms with van der Waals surface area (Å²) >= 11 is 3.51. The molecule has 0 spiro atoms. The highest BCUT2D eigenvalue weighted by atomic mass is 79.9. The van der Waals surface area contributed by atoms with Gasteiger partial charge in [-0.05, 0) is 30.2 Å². The number of halogens is 1. The van der Waals surface area contributed by atoms with Crippen LogP contribution in [0.4, 0.5) is 5.69 Å². The molecular weight excluding hydrogens is 266 g/mol. The fourth-order valence-corrected chi connectivity index (χ4v) is 2.58. The number of aromatic amines is 1. The van der Waals surface area contributed by atoms with Gasteiger partial charge < -0.3 is 9.88 Å². The van der Waals surface area contributed by atoms with Crippen LogP contribution in [-0.4, -0.2) is 16.5 Å². The molecule has 1 aliphatic heterocycles. The summed E-state index contributed by atoms with van der Waals surface area (Å²) in [7, 11) is 0. The summed E-state index contributed by atoms with van der Waals surface area (Å²) in [6.07, 6.45) is 4.79. The lowest BCUT2D eigenvalue weighted by molar-refractivity contribution is 0.798. The third kappa shape index (κ3) is 1.73. The minimum Gasteiger partial charge on any atom is -0.364 e. The van der Waals surface area contributed by atoms with Crippen molar-refractivity contribution in [2.75, 3.05) is 11.4 Å². The van der Waals surface area contributed by atoms with Crippen LogP contribution in [0.5, 0.6) is 0 Å². The number of hydrogen-bond donors (Lipinski definition) is 1. The molecule has 3 rings (SSSR count). The molecule has 1 aliphatic rings. The summed E-state index contributed by atoms with van der Waals surface area (Å²) in [4.78, 5) is 9.77. The van der Waals surface area contributed by atoms with Crippen molar-refractivity contribution >= 4 is 21.6 Å². The number of rotatable bonds is 2. The van der Waals surface area contributed by atoms with Crippen LogP contribution in [0, 0.1) is 0 Å². The summed E-state index contributed by atoms with van der Waals surface area (Å²) in [6, 6.07) is 6.48. The molecule has 82 valence electrons. The second kappa shape index (κ2) is 3.94. The molecule has 1 aromatic carbocycles. The van der Waals surface area contributed by atoms with E-state index in [2.05, 4.69) is 49.0 Å². The van der Waals surface area contributed by atoms with Gasteiger partial charge in [-0.1, -0.05) is 15.9 Å². The Balaban J connectivity index is 1.86. The van der Waals surface area contributed by atoms with Gasteiger partial charge in [0.1, 0.15) is 5.82 Å². The molecule has 4 heteroatoms. The highest BCUT2D eigenvalue weighted by Gasteiger charge is 2.19. The lowest BCUT2D eigenvalue weighted by Gasteiger charge is -2.17. The number of nitrogens with zero attached hydrogens (tertiary/aromatic N) is 2. The zero-order chi connectivity index (χ0) is 11.0. The van der Waals surface area contributed by atoms with Crippen molar-refractivity contribution in [3.8, 4) is 0 Å². The maximum atomic E-state index is 4.26. The van der Waals surface area contributed by atoms with Gasteiger partial charge >= 0.3 is 0 Å². The molecular formula is C12H12BrN3. The predicted octanol–water partition coefficient (Wildman–Crippen LogP) is 2.73. The van der Waals surface area contributed by atoms with E-state index in [9.17, 15) is 0 Å². The van der Waals surface area contributed by atoms with Crippen LogP contribution in [-0.2, 0) is 13.0 Å². The molecule has 0 atom stereocenters. The molecule has 0 amide bonds. The van der Waals surface area contributed by atoms with Crippen molar-refractivity contribution in [3.05, 3.63) is 46.5 Å². The van der Waals surface area contributed by atoms with E-state index in [0.717, 1.165) is 29.8 Å². The number of imidazole rings is 1. The summed E-state index contributed by atoms with van der Waals surface area (Å²) < 4.78 is 1.16. The zero-order valence-electron chi connectivity index (χ0n) is 8.78. The maximum Gasteiger partial charge on any atom is 0.125 e. The monoisotopic (exact) mass is 277 g/mol. The maximum absolute atomic E-state index is 4.26. The Labute approximate surface area is 103 Å². The van der Waals surface area contributed by atoms with Crippen LogP contribution in [0.1, 0.15) is 11.4 Å². The second-order valence-corrected chi connectivity index (χ2v) is 4.90. The number of nitrogens with one attached hydrogen (secondary N) is 1. The van der Waals surface area contributed by atoms with E-state index in [0.29, 0.717) is 0 Å². The van der Waals surface area contributed by atoms with Gasteiger partial charge in [-0.15, -0.1) is 0 Å². The Bertz CT molecular complexity index is 493. The molecule has 16 heavy (non-hydrogen) atoms. The van der Waals surface area contributed by atoms with Gasteiger partial charge in [0.15, 0.2) is 0 Å². The molecule has 1 N–H and O–H groups in total. The first-order valence-electron chi connectivity index (χ1n) is 5.34. The lowest BCUT2D eigenvalue weighted by atomic mass is 10.2. The van der Waals surface area contributed by atoms with Crippen LogP contribution in [0.25, 0.3) is 0 Å². The second-order valence-electron chi connectivity index (χ2n) is 3.98. The van der Waals surface area contributed by atoms with E-state index in [-0.39, 0.29) is 0 Å². The minimum atomic E-state index is 0.863. The number of hydrogen-bond acceptors (Lipinski definition) is 2. The van der Waals surface area contributed by atoms with Crippen molar-refractivity contribution < 1.29 is 0 Å². The van der Waals surface area contributed by atoms with Crippen LogP contribution in [0.3, 0.4) is 0 Å². The lowest BCUT2D eigenvalue weighted by Crippen LogP contribution is -2.20. The normalized spacial score (nSPS) is 14.2. The highest BCUT2D eigenvalue weighted by Crippen LogP contribution is 2.31. The van der Waals surface area contributed by atoms with E-state index in [1.165, 1.54) is 11.3 Å². The predicted molar refractivity (Wildman–Crippen MR) is 67.5 cm³/mol. The van der Waals surface area contributed by atoms with Crippen LogP contribution >= 0.6 is 15.9 Å². The van der Waals surface area contributed by atoms with E-state index >= 15 is 0 Å². The minimum absolute atomic E-state index is 0.863. The van der Waals surface area contributed by atoms with Gasteiger partial charge in [0.05, 0.1) is 6.54 Å². The first kappa shape index (κ1) is 9.90. The number of fused-ring (bicyclic) bond motifs is 1. The SMILES string of the molecule is Brc1ccc2c(c1)CCN2Cc1ncc[nH]1. The average molecular weight is 278 g/mol. The third-order valence-corrected chi connectivity index (χ3v) is 3.42. The van der Waals surface area contributed by atoms with Crippen LogP contribution < -0.4 is 4.90 Å². The van der Waals surface area contributed by atoms with Crippen LogP contribution in [0.2, 0.25) is 0 Å². The number of benzene rings is 1. The van der Waals surface area contributed by atoms with Crippen molar-refractivity contribution in [2.45, 2.75) is 13.0 Å². The Hall–Kier alpha value is -1.29. The van der Waals surface area contributed by atoms with Gasteiger partial charge in [0.25, 0.3) is 0 Å². The molecule has 3 nitrogen and oxygen atoms in total. The Morgan fingerprint density at radius 1 is 1.44 bits per heavy atom. The molecule has 0 saturated heterocycles. The van der Waals surface area contributed by atoms with Gasteiger partial charge in [-0.3, -0.25) is 0 Å². The highest BCUT2D eigenvalue weighted by molar-refractivity contribution is 9.10. The molecule has 0 fully saturated rings. The van der Waals surface area contributed by atoms with E-state index in [1.807, 2.05) is 6.20 Å². The third-order valence-electron chi connectivity index (χ3n) is 2.93. The van der Waals surface area contributed by atoms with Crippen molar-refractivity contribution in [3.63, 3.8) is 0 Å². The van der Waals surface area contributed by atoms with E-state index in [1.54, 1.807) is 6.20 Å². The summed E-state index contributed by atoms with van der Waals surface area (Å²) in [5.74, 6) is 1.02. The molecule has 2 aromatic rings. The van der Waals surface area contributed by atoms with E-state index in [4.69, 9.17) is 0 Å². The first-order chi connectivity index (χ1) is 7.83. The van der Waals surface area contributed by atoms with Crippen LogP contribution in [0.15, 0.2) is 35.1 Å². The fourth-order valence-electron chi connectivity index (χ4n) is 2.17. The first-order valence-corrected chi connectivity index (χ1v) is 6.14. The summed E-state index contributed by atoms with van der Waals surface area (Å²) in [6.45, 7) is 1.94. The molecule has 0 saturated carbocycles. The van der Waals surface area contributed by atoms with Gasteiger partial charge in [-0.2, -0.15) is 0 Å². The molecule has 1 aromatic heterocycles. The number of H-pyrrole nitrogens is 1. The van der Waals surface area contributed by atoms with Crippen molar-refractivity contribution in [1.82, 2.24) is 9.97 Å². The molecule has 2 heterocycles. The smallest absolute Gasteiger partial charge is 0.125 e. The van der Waals surface area contributed by atoms with Gasteiger partial charge in [0, 0.05) is 29.1 Å². The Morgan fingerprint density at radius 2 is 2.38 bits per heavy atom. The summed E-state index contributed by atoms with van der Waals surface area (Å²) in [5.41, 5.74) is 2.75. The quantitative estimate of drug-likeness (QED) is 0.916. The fraction of sp³-hybridized carbons (Fsp3) is 0.250. The Kier molecular flexibility index (Phi) is 2.44. The Morgan fingerprint density at radius 3 is 3.19 bits per heavy atom. The standard InChI is InChI=1S/C12H12BrN3/c13-10-1-2-11-9(7-10)3-6-16(11)8-12-14-4-5-15-12/h1-2,4-5,7H,3,6,8H2,(H,14,15). The van der Waals surface area contributed by atoms with E-state index < -0.39 is 0 Å². The molecule has 0 aliphatic carbocycles. The largest absolute Gasteiger partial charge is 0.364 e. The van der Waals surface area contributed by atoms with Crippen molar-refractivity contribution in [1.29, 1.82) is 0 Å². The zero-order valence-corrected chi connectivity index (χ0v) is 10.4. The summed E-state index contributed by atoms with van der Waals surface area (Å²) in [5, 5.41) is 0. The van der Waals surface area contributed by atoms with Gasteiger partial charge in [0.2, 0.25) is 0 Å². The number of aromatic nitrogens is 2. The molecule has 0 unspecified atom stereocenters. The average Bonchev–Trinajstić information content (AvgIpc) is 2.89. The topological polar surface area (TPSA) is 31.9 Å². The molecule has 0 radical (unpaired) electrons. The number of anilines is 1.